The number of morpholine rings is 1. The molecule has 22 heavy (non-hydrogen) atoms. The number of amides is 1. The van der Waals surface area contributed by atoms with Crippen LogP contribution in [-0.4, -0.2) is 49.3 Å². The van der Waals surface area contributed by atoms with Crippen LogP contribution in [0.1, 0.15) is 19.4 Å². The Kier molecular flexibility index (Phi) is 4.34. The summed E-state index contributed by atoms with van der Waals surface area (Å²) in [5.41, 5.74) is 0.923. The zero-order valence-electron chi connectivity index (χ0n) is 13.0. The predicted octanol–water partition coefficient (Wildman–Crippen LogP) is 2.11. The molecule has 0 radical (unpaired) electrons. The Labute approximate surface area is 130 Å². The molecular formula is C17H21NO4. The van der Waals surface area contributed by atoms with Gasteiger partial charge in [0.25, 0.3) is 0 Å². The summed E-state index contributed by atoms with van der Waals surface area (Å²) in [5.74, 6) is 1.50. The van der Waals surface area contributed by atoms with Crippen molar-refractivity contribution in [2.24, 2.45) is 0 Å². The van der Waals surface area contributed by atoms with Crippen molar-refractivity contribution in [2.45, 2.75) is 26.1 Å². The number of hydrogen-bond donors (Lipinski definition) is 0. The maximum Gasteiger partial charge on any atom is 0.246 e. The molecule has 2 aliphatic rings. The first kappa shape index (κ1) is 14.9. The van der Waals surface area contributed by atoms with E-state index in [1.807, 2.05) is 43.0 Å². The highest BCUT2D eigenvalue weighted by Gasteiger charge is 2.24. The minimum Gasteiger partial charge on any atom is -0.486 e. The van der Waals surface area contributed by atoms with Gasteiger partial charge in [0.05, 0.1) is 12.2 Å². The zero-order chi connectivity index (χ0) is 15.5. The molecule has 2 unspecified atom stereocenters. The van der Waals surface area contributed by atoms with E-state index < -0.39 is 0 Å². The fraction of sp³-hybridized carbons (Fsp3) is 0.471. The van der Waals surface area contributed by atoms with Gasteiger partial charge in [0, 0.05) is 19.2 Å². The summed E-state index contributed by atoms with van der Waals surface area (Å²) in [6.45, 7) is 6.38. The van der Waals surface area contributed by atoms with Crippen LogP contribution in [-0.2, 0) is 9.53 Å². The van der Waals surface area contributed by atoms with E-state index in [1.54, 1.807) is 6.08 Å². The summed E-state index contributed by atoms with van der Waals surface area (Å²) in [5, 5.41) is 0. The minimum absolute atomic E-state index is 0.0110. The second kappa shape index (κ2) is 6.40. The molecule has 1 saturated heterocycles. The summed E-state index contributed by atoms with van der Waals surface area (Å²) in [6.07, 6.45) is 3.58. The smallest absolute Gasteiger partial charge is 0.246 e. The second-order valence-corrected chi connectivity index (χ2v) is 5.74. The summed E-state index contributed by atoms with van der Waals surface area (Å²) in [6, 6.07) is 5.68. The molecular weight excluding hydrogens is 282 g/mol. The molecule has 5 heteroatoms. The molecule has 118 valence electrons. The third-order valence-electron chi connectivity index (χ3n) is 3.72. The number of ether oxygens (including phenoxy) is 3. The number of carbonyl (C=O) groups is 1. The zero-order valence-corrected chi connectivity index (χ0v) is 13.0. The number of rotatable bonds is 2. The van der Waals surface area contributed by atoms with Gasteiger partial charge in [-0.15, -0.1) is 0 Å². The Hall–Kier alpha value is -2.01. The Balaban J connectivity index is 1.67. The van der Waals surface area contributed by atoms with E-state index in [9.17, 15) is 4.79 Å². The van der Waals surface area contributed by atoms with E-state index in [-0.39, 0.29) is 18.1 Å². The van der Waals surface area contributed by atoms with E-state index in [4.69, 9.17) is 14.2 Å². The molecule has 5 nitrogen and oxygen atoms in total. The highest BCUT2D eigenvalue weighted by atomic mass is 16.6. The fourth-order valence-corrected chi connectivity index (χ4v) is 2.79. The molecule has 1 fully saturated rings. The van der Waals surface area contributed by atoms with Crippen molar-refractivity contribution >= 4 is 12.0 Å². The largest absolute Gasteiger partial charge is 0.486 e. The van der Waals surface area contributed by atoms with Gasteiger partial charge in [0.2, 0.25) is 5.91 Å². The molecule has 0 aromatic heterocycles. The predicted molar refractivity (Wildman–Crippen MR) is 83.1 cm³/mol. The molecule has 2 aliphatic heterocycles. The Morgan fingerprint density at radius 1 is 1.14 bits per heavy atom. The lowest BCUT2D eigenvalue weighted by molar-refractivity contribution is -0.137. The van der Waals surface area contributed by atoms with Crippen LogP contribution in [0.3, 0.4) is 0 Å². The molecule has 0 N–H and O–H groups in total. The van der Waals surface area contributed by atoms with Crippen LogP contribution in [0.4, 0.5) is 0 Å². The number of benzene rings is 1. The Bertz CT molecular complexity index is 574. The van der Waals surface area contributed by atoms with Crippen LogP contribution in [0.15, 0.2) is 24.3 Å². The molecule has 3 rings (SSSR count). The average Bonchev–Trinajstić information content (AvgIpc) is 2.51. The average molecular weight is 303 g/mol. The van der Waals surface area contributed by atoms with Crippen molar-refractivity contribution in [3.63, 3.8) is 0 Å². The number of carbonyl (C=O) groups excluding carboxylic acids is 1. The van der Waals surface area contributed by atoms with Crippen molar-refractivity contribution in [1.82, 2.24) is 4.90 Å². The maximum absolute atomic E-state index is 12.3. The first-order valence-electron chi connectivity index (χ1n) is 7.64. The maximum atomic E-state index is 12.3. The summed E-state index contributed by atoms with van der Waals surface area (Å²) in [4.78, 5) is 14.1. The quantitative estimate of drug-likeness (QED) is 0.785. The molecule has 0 spiro atoms. The molecule has 1 aromatic carbocycles. The molecule has 2 heterocycles. The third-order valence-corrected chi connectivity index (χ3v) is 3.72. The highest BCUT2D eigenvalue weighted by molar-refractivity contribution is 5.92. The van der Waals surface area contributed by atoms with Gasteiger partial charge in [-0.05, 0) is 37.6 Å². The standard InChI is InChI=1S/C17H21NO4/c1-12-10-18(11-13(2)22-12)17(19)6-4-14-3-5-15-16(9-14)21-8-7-20-15/h3-6,9,12-13H,7-8,10-11H2,1-2H3/b6-4+. The molecule has 1 aromatic rings. The first-order chi connectivity index (χ1) is 10.6. The second-order valence-electron chi connectivity index (χ2n) is 5.74. The monoisotopic (exact) mass is 303 g/mol. The summed E-state index contributed by atoms with van der Waals surface area (Å²) >= 11 is 0. The van der Waals surface area contributed by atoms with Crippen molar-refractivity contribution in [1.29, 1.82) is 0 Å². The highest BCUT2D eigenvalue weighted by Crippen LogP contribution is 2.31. The van der Waals surface area contributed by atoms with Gasteiger partial charge in [0.1, 0.15) is 13.2 Å². The van der Waals surface area contributed by atoms with Crippen LogP contribution in [0.5, 0.6) is 11.5 Å². The molecule has 0 aliphatic carbocycles. The third kappa shape index (κ3) is 3.42. The van der Waals surface area contributed by atoms with Crippen LogP contribution in [0, 0.1) is 0 Å². The number of nitrogens with zero attached hydrogens (tertiary/aromatic N) is 1. The fourth-order valence-electron chi connectivity index (χ4n) is 2.79. The Morgan fingerprint density at radius 2 is 1.82 bits per heavy atom. The van der Waals surface area contributed by atoms with E-state index in [2.05, 4.69) is 0 Å². The SMILES string of the molecule is CC1CN(C(=O)/C=C/c2ccc3c(c2)OCCO3)CC(C)O1. The number of fused-ring (bicyclic) bond motifs is 1. The summed E-state index contributed by atoms with van der Waals surface area (Å²) < 4.78 is 16.7. The molecule has 0 bridgehead atoms. The van der Waals surface area contributed by atoms with Crippen molar-refractivity contribution < 1.29 is 19.0 Å². The van der Waals surface area contributed by atoms with E-state index in [1.165, 1.54) is 0 Å². The lowest BCUT2D eigenvalue weighted by Crippen LogP contribution is -2.47. The molecule has 2 atom stereocenters. The number of hydrogen-bond acceptors (Lipinski definition) is 4. The van der Waals surface area contributed by atoms with Gasteiger partial charge in [0.15, 0.2) is 11.5 Å². The van der Waals surface area contributed by atoms with E-state index >= 15 is 0 Å². The van der Waals surface area contributed by atoms with Crippen molar-refractivity contribution in [3.8, 4) is 11.5 Å². The molecule has 0 saturated carbocycles. The van der Waals surface area contributed by atoms with Gasteiger partial charge < -0.3 is 19.1 Å². The Morgan fingerprint density at radius 3 is 2.55 bits per heavy atom. The van der Waals surface area contributed by atoms with Gasteiger partial charge in [-0.3, -0.25) is 4.79 Å². The van der Waals surface area contributed by atoms with E-state index in [0.29, 0.717) is 26.3 Å². The van der Waals surface area contributed by atoms with Gasteiger partial charge in [-0.1, -0.05) is 6.07 Å². The van der Waals surface area contributed by atoms with Crippen LogP contribution in [0.2, 0.25) is 0 Å². The van der Waals surface area contributed by atoms with Gasteiger partial charge >= 0.3 is 0 Å². The summed E-state index contributed by atoms with van der Waals surface area (Å²) in [7, 11) is 0. The minimum atomic E-state index is 0.0110. The molecule has 1 amide bonds. The van der Waals surface area contributed by atoms with Gasteiger partial charge in [-0.2, -0.15) is 0 Å². The van der Waals surface area contributed by atoms with Crippen LogP contribution >= 0.6 is 0 Å². The first-order valence-corrected chi connectivity index (χ1v) is 7.64. The van der Waals surface area contributed by atoms with Crippen molar-refractivity contribution in [3.05, 3.63) is 29.8 Å². The normalized spacial score (nSPS) is 24.5. The lowest BCUT2D eigenvalue weighted by atomic mass is 10.1. The van der Waals surface area contributed by atoms with E-state index in [0.717, 1.165) is 17.1 Å². The van der Waals surface area contributed by atoms with Crippen molar-refractivity contribution in [2.75, 3.05) is 26.3 Å². The lowest BCUT2D eigenvalue weighted by Gasteiger charge is -2.34. The van der Waals surface area contributed by atoms with Crippen LogP contribution < -0.4 is 9.47 Å². The van der Waals surface area contributed by atoms with Gasteiger partial charge in [-0.25, -0.2) is 0 Å². The topological polar surface area (TPSA) is 48.0 Å². The van der Waals surface area contributed by atoms with Crippen LogP contribution in [0.25, 0.3) is 6.08 Å².